The summed E-state index contributed by atoms with van der Waals surface area (Å²) >= 11 is -4.68. The van der Waals surface area contributed by atoms with Gasteiger partial charge in [0.1, 0.15) is 0 Å². The van der Waals surface area contributed by atoms with E-state index in [1.165, 1.54) is 27.4 Å². The van der Waals surface area contributed by atoms with Crippen molar-refractivity contribution in [2.24, 2.45) is 0 Å². The Morgan fingerprint density at radius 3 is 1.67 bits per heavy atom. The summed E-state index contributed by atoms with van der Waals surface area (Å²) in [5, 5.41) is 1.29. The molecule has 0 fully saturated rings. The van der Waals surface area contributed by atoms with Crippen molar-refractivity contribution in [1.82, 2.24) is 0 Å². The number of hydrogen-bond acceptors (Lipinski definition) is 0. The number of allylic oxidation sites excluding steroid dienone is 2. The molecule has 4 heteroatoms. The number of rotatable bonds is 5. The van der Waals surface area contributed by atoms with Crippen LogP contribution < -0.4 is 5.19 Å². The first-order valence-electron chi connectivity index (χ1n) is 10.3. The van der Waals surface area contributed by atoms with Gasteiger partial charge in [-0.2, -0.15) is 0 Å². The first-order valence-corrected chi connectivity index (χ1v) is 25.6. The van der Waals surface area contributed by atoms with E-state index in [-0.39, 0.29) is 7.25 Å². The summed E-state index contributed by atoms with van der Waals surface area (Å²) in [5.41, 5.74) is 7.18. The van der Waals surface area contributed by atoms with Gasteiger partial charge in [-0.05, 0) is 0 Å². The van der Waals surface area contributed by atoms with Crippen LogP contribution in [0.5, 0.6) is 0 Å². The molecule has 3 aromatic rings. The minimum absolute atomic E-state index is 0.0710. The fourth-order valence-corrected chi connectivity index (χ4v) is 46.3. The average molecular weight is 526 g/mol. The summed E-state index contributed by atoms with van der Waals surface area (Å²) in [6.07, 6.45) is 9.00. The van der Waals surface area contributed by atoms with Crippen molar-refractivity contribution in [1.29, 1.82) is 0 Å². The predicted molar refractivity (Wildman–Crippen MR) is 132 cm³/mol. The van der Waals surface area contributed by atoms with Crippen LogP contribution in [0.25, 0.3) is 12.2 Å². The molecule has 0 N–H and O–H groups in total. The number of fused-ring (bicyclic) bond motifs is 2. The van der Waals surface area contributed by atoms with Crippen LogP contribution >= 0.6 is 17.0 Å². The van der Waals surface area contributed by atoms with Gasteiger partial charge >= 0.3 is 189 Å². The normalized spacial score (nSPS) is 21.5. The minimum atomic E-state index is -4.68. The molecule has 0 radical (unpaired) electrons. The molecule has 3 aromatic carbocycles. The van der Waals surface area contributed by atoms with Gasteiger partial charge < -0.3 is 0 Å². The van der Waals surface area contributed by atoms with Gasteiger partial charge in [0, 0.05) is 0 Å². The van der Waals surface area contributed by atoms with Gasteiger partial charge in [0.25, 0.3) is 0 Å². The molecule has 0 saturated carbocycles. The second-order valence-electron chi connectivity index (χ2n) is 8.28. The second kappa shape index (κ2) is 7.61. The van der Waals surface area contributed by atoms with Gasteiger partial charge in [0.15, 0.2) is 0 Å². The molecule has 3 atom stereocenters. The molecule has 0 spiro atoms. The third-order valence-electron chi connectivity index (χ3n) is 6.78. The van der Waals surface area contributed by atoms with E-state index in [0.29, 0.717) is 0 Å². The third kappa shape index (κ3) is 2.96. The topological polar surface area (TPSA) is 0 Å². The van der Waals surface area contributed by atoms with Crippen LogP contribution in [-0.2, 0) is 15.6 Å². The molecule has 0 aromatic heterocycles. The molecule has 30 heavy (non-hydrogen) atoms. The number of hydrogen-bond donors (Lipinski definition) is 0. The van der Waals surface area contributed by atoms with Gasteiger partial charge in [-0.25, -0.2) is 0 Å². The maximum absolute atomic E-state index is 8.13. The van der Waals surface area contributed by atoms with E-state index in [0.717, 1.165) is 0 Å². The van der Waals surface area contributed by atoms with Crippen LogP contribution in [0.4, 0.5) is 0 Å². The Morgan fingerprint density at radius 1 is 0.700 bits per heavy atom. The Kier molecular flexibility index (Phi) is 5.19. The Balaban J connectivity index is 1.79. The quantitative estimate of drug-likeness (QED) is 0.319. The maximum atomic E-state index is 8.13. The molecule has 2 aliphatic carbocycles. The Bertz CT molecular complexity index is 1110. The van der Waals surface area contributed by atoms with Crippen molar-refractivity contribution in [3.63, 3.8) is 0 Å². The predicted octanol–water partition coefficient (Wildman–Crippen LogP) is 6.88. The number of halogens is 2. The van der Waals surface area contributed by atoms with Crippen molar-refractivity contribution in [2.45, 2.75) is 7.25 Å². The summed E-state index contributed by atoms with van der Waals surface area (Å²) in [5.74, 6) is -1.94. The average Bonchev–Trinajstić information content (AvgIpc) is 3.41. The fraction of sp³-hybridized carbons (Fsp3) is 0.0769. The van der Waals surface area contributed by atoms with Crippen LogP contribution in [0.1, 0.15) is 29.5 Å². The van der Waals surface area contributed by atoms with Crippen molar-refractivity contribution in [2.75, 3.05) is 0 Å². The van der Waals surface area contributed by atoms with E-state index in [1.807, 2.05) is 0 Å². The van der Waals surface area contributed by atoms with E-state index in [9.17, 15) is 0 Å². The second-order valence-corrected chi connectivity index (χ2v) is 46.9. The standard InChI is InChI=1S/2C9H7.C8H9Si.2ClH.Zr/c2*1-2-5-9-7-3-6-8(9)4-1;1-2-9-8-6-4-3-5-7-8;;;/h2*1-7H;2-7,9H,1H2;2*1H;/q;;;;;+2/p-2. The first kappa shape index (κ1) is 20.5. The third-order valence-corrected chi connectivity index (χ3v) is 49.0. The molecule has 0 amide bonds. The van der Waals surface area contributed by atoms with Gasteiger partial charge in [-0.3, -0.25) is 0 Å². The molecule has 0 aliphatic heterocycles. The van der Waals surface area contributed by atoms with E-state index < -0.39 is 21.5 Å². The van der Waals surface area contributed by atoms with Crippen LogP contribution in [0.2, 0.25) is 0 Å². The van der Waals surface area contributed by atoms with Crippen LogP contribution in [0, 0.1) is 0 Å². The molecular formula is C26H23Cl2SiZr. The first-order chi connectivity index (χ1) is 14.5. The SMILES string of the molecule is C=C[SiH](c1ccccc1)[Zr]([Cl])([Cl])([CH]1C=Cc2ccccc21)[CH]1C=Cc2ccccc21. The Morgan fingerprint density at radius 2 is 1.17 bits per heavy atom. The molecule has 3 unspecified atom stereocenters. The fourth-order valence-electron chi connectivity index (χ4n) is 5.38. The molecule has 0 saturated heterocycles. The molecule has 5 rings (SSSR count). The van der Waals surface area contributed by atoms with Crippen LogP contribution in [0.15, 0.2) is 103 Å². The summed E-state index contributed by atoms with van der Waals surface area (Å²) in [6, 6.07) is 27.8. The molecule has 0 heterocycles. The van der Waals surface area contributed by atoms with Gasteiger partial charge in [0.2, 0.25) is 0 Å². The zero-order valence-corrected chi connectivity index (χ0v) is 21.7. The summed E-state index contributed by atoms with van der Waals surface area (Å²) in [7, 11) is 16.3. The Hall–Kier alpha value is -1.44. The Labute approximate surface area is 187 Å². The van der Waals surface area contributed by atoms with Crippen molar-refractivity contribution < 1.29 is 15.6 Å². The van der Waals surface area contributed by atoms with Gasteiger partial charge in [0.05, 0.1) is 0 Å². The van der Waals surface area contributed by atoms with E-state index in [1.54, 1.807) is 0 Å². The summed E-state index contributed by atoms with van der Waals surface area (Å²) < 4.78 is 0.142. The zero-order valence-electron chi connectivity index (χ0n) is 16.6. The van der Waals surface area contributed by atoms with E-state index in [4.69, 9.17) is 17.0 Å². The van der Waals surface area contributed by atoms with Gasteiger partial charge in [-0.15, -0.1) is 0 Å². The molecular weight excluding hydrogens is 503 g/mol. The molecule has 0 bridgehead atoms. The number of benzene rings is 3. The molecule has 149 valence electrons. The summed E-state index contributed by atoms with van der Waals surface area (Å²) in [4.78, 5) is 0. The van der Waals surface area contributed by atoms with Crippen molar-refractivity contribution in [3.8, 4) is 0 Å². The zero-order chi connectivity index (χ0) is 20.8. The van der Waals surface area contributed by atoms with Crippen molar-refractivity contribution in [3.05, 3.63) is 126 Å². The van der Waals surface area contributed by atoms with Crippen molar-refractivity contribution >= 4 is 40.3 Å². The van der Waals surface area contributed by atoms with Gasteiger partial charge in [-0.1, -0.05) is 0 Å². The van der Waals surface area contributed by atoms with Crippen LogP contribution in [-0.4, -0.2) is 5.92 Å². The molecule has 2 aliphatic rings. The summed E-state index contributed by atoms with van der Waals surface area (Å²) in [6.45, 7) is 4.30. The monoisotopic (exact) mass is 523 g/mol. The van der Waals surface area contributed by atoms with E-state index >= 15 is 0 Å². The molecule has 0 nitrogen and oxygen atoms in total. The van der Waals surface area contributed by atoms with Crippen LogP contribution in [0.3, 0.4) is 0 Å². The van der Waals surface area contributed by atoms with E-state index in [2.05, 4.69) is 115 Å².